The summed E-state index contributed by atoms with van der Waals surface area (Å²) in [5, 5.41) is 3.08. The summed E-state index contributed by atoms with van der Waals surface area (Å²) < 4.78 is 42.9. The third-order valence-corrected chi connectivity index (χ3v) is 2.92. The Morgan fingerprint density at radius 2 is 2.12 bits per heavy atom. The van der Waals surface area contributed by atoms with E-state index in [4.69, 9.17) is 4.74 Å². The van der Waals surface area contributed by atoms with Gasteiger partial charge < -0.3 is 10.1 Å². The smallest absolute Gasteiger partial charge is 0.380 e. The van der Waals surface area contributed by atoms with Crippen LogP contribution in [0, 0.1) is 0 Å². The lowest BCUT2D eigenvalue weighted by atomic mass is 10.1. The highest BCUT2D eigenvalue weighted by Gasteiger charge is 2.31. The van der Waals surface area contributed by atoms with Crippen molar-refractivity contribution < 1.29 is 17.9 Å². The number of rotatable bonds is 2. The van der Waals surface area contributed by atoms with Crippen LogP contribution in [0.15, 0.2) is 24.3 Å². The van der Waals surface area contributed by atoms with Crippen molar-refractivity contribution in [1.82, 2.24) is 0 Å². The summed E-state index contributed by atoms with van der Waals surface area (Å²) in [5.41, 5.74) is -0.142. The SMILES string of the molecule is CC1OCCC1Nc1cccc(C(F)(F)F)c1. The van der Waals surface area contributed by atoms with Crippen LogP contribution in [0.1, 0.15) is 18.9 Å². The Kier molecular flexibility index (Phi) is 3.28. The molecule has 0 spiro atoms. The second kappa shape index (κ2) is 4.56. The molecule has 0 amide bonds. The van der Waals surface area contributed by atoms with E-state index >= 15 is 0 Å². The van der Waals surface area contributed by atoms with Crippen LogP contribution >= 0.6 is 0 Å². The van der Waals surface area contributed by atoms with E-state index in [2.05, 4.69) is 5.32 Å². The summed E-state index contributed by atoms with van der Waals surface area (Å²) in [6.07, 6.45) is -3.45. The molecule has 1 saturated heterocycles. The average Bonchev–Trinajstić information content (AvgIpc) is 2.64. The summed E-state index contributed by atoms with van der Waals surface area (Å²) in [6, 6.07) is 5.33. The number of halogens is 3. The van der Waals surface area contributed by atoms with E-state index in [1.54, 1.807) is 6.07 Å². The lowest BCUT2D eigenvalue weighted by molar-refractivity contribution is -0.137. The van der Waals surface area contributed by atoms with E-state index < -0.39 is 11.7 Å². The second-order valence-corrected chi connectivity index (χ2v) is 4.19. The molecule has 2 rings (SSSR count). The Labute approximate surface area is 97.8 Å². The van der Waals surface area contributed by atoms with Crippen LogP contribution < -0.4 is 5.32 Å². The molecule has 0 bridgehead atoms. The van der Waals surface area contributed by atoms with E-state index in [9.17, 15) is 13.2 Å². The second-order valence-electron chi connectivity index (χ2n) is 4.19. The topological polar surface area (TPSA) is 21.3 Å². The van der Waals surface area contributed by atoms with Crippen LogP contribution in [-0.2, 0) is 10.9 Å². The van der Waals surface area contributed by atoms with Crippen LogP contribution in [0.25, 0.3) is 0 Å². The molecule has 94 valence electrons. The van der Waals surface area contributed by atoms with Gasteiger partial charge in [-0.15, -0.1) is 0 Å². The number of anilines is 1. The van der Waals surface area contributed by atoms with Gasteiger partial charge in [0, 0.05) is 12.3 Å². The molecule has 2 atom stereocenters. The Morgan fingerprint density at radius 1 is 1.35 bits per heavy atom. The van der Waals surface area contributed by atoms with Gasteiger partial charge in [0.2, 0.25) is 0 Å². The van der Waals surface area contributed by atoms with Crippen molar-refractivity contribution in [2.75, 3.05) is 11.9 Å². The van der Waals surface area contributed by atoms with E-state index in [0.29, 0.717) is 12.3 Å². The molecule has 1 aliphatic rings. The lowest BCUT2D eigenvalue weighted by Gasteiger charge is -2.18. The Morgan fingerprint density at radius 3 is 2.71 bits per heavy atom. The van der Waals surface area contributed by atoms with Crippen molar-refractivity contribution in [3.05, 3.63) is 29.8 Å². The zero-order valence-corrected chi connectivity index (χ0v) is 9.42. The summed E-state index contributed by atoms with van der Waals surface area (Å²) in [7, 11) is 0. The van der Waals surface area contributed by atoms with Crippen LogP contribution in [-0.4, -0.2) is 18.8 Å². The van der Waals surface area contributed by atoms with Crippen LogP contribution in [0.2, 0.25) is 0 Å². The van der Waals surface area contributed by atoms with E-state index in [1.807, 2.05) is 6.92 Å². The third kappa shape index (κ3) is 2.91. The van der Waals surface area contributed by atoms with Crippen molar-refractivity contribution >= 4 is 5.69 Å². The molecule has 17 heavy (non-hydrogen) atoms. The van der Waals surface area contributed by atoms with Crippen molar-refractivity contribution in [2.45, 2.75) is 31.7 Å². The van der Waals surface area contributed by atoms with Gasteiger partial charge in [0.1, 0.15) is 0 Å². The number of hydrogen-bond acceptors (Lipinski definition) is 2. The minimum Gasteiger partial charge on any atom is -0.380 e. The van der Waals surface area contributed by atoms with Gasteiger partial charge in [0.25, 0.3) is 0 Å². The molecule has 0 saturated carbocycles. The Hall–Kier alpha value is -1.23. The summed E-state index contributed by atoms with van der Waals surface area (Å²) >= 11 is 0. The number of hydrogen-bond donors (Lipinski definition) is 1. The van der Waals surface area contributed by atoms with Gasteiger partial charge in [-0.2, -0.15) is 13.2 Å². The van der Waals surface area contributed by atoms with Gasteiger partial charge in [-0.25, -0.2) is 0 Å². The minimum atomic E-state index is -4.30. The van der Waals surface area contributed by atoms with Crippen molar-refractivity contribution in [3.63, 3.8) is 0 Å². The maximum absolute atomic E-state index is 12.5. The fraction of sp³-hybridized carbons (Fsp3) is 0.500. The van der Waals surface area contributed by atoms with Gasteiger partial charge >= 0.3 is 6.18 Å². The van der Waals surface area contributed by atoms with Crippen LogP contribution in [0.3, 0.4) is 0 Å². The highest BCUT2D eigenvalue weighted by Crippen LogP contribution is 2.31. The fourth-order valence-corrected chi connectivity index (χ4v) is 1.92. The number of nitrogens with one attached hydrogen (secondary N) is 1. The molecule has 5 heteroatoms. The maximum Gasteiger partial charge on any atom is 0.416 e. The molecule has 1 N–H and O–H groups in total. The van der Waals surface area contributed by atoms with Gasteiger partial charge in [-0.05, 0) is 31.5 Å². The molecule has 0 aromatic heterocycles. The molecule has 1 aromatic rings. The largest absolute Gasteiger partial charge is 0.416 e. The average molecular weight is 245 g/mol. The molecular formula is C12H14F3NO. The third-order valence-electron chi connectivity index (χ3n) is 2.92. The predicted octanol–water partition coefficient (Wildman–Crippen LogP) is 3.29. The highest BCUT2D eigenvalue weighted by molar-refractivity contribution is 5.47. The minimum absolute atomic E-state index is 0.0320. The highest BCUT2D eigenvalue weighted by atomic mass is 19.4. The first-order valence-electron chi connectivity index (χ1n) is 5.52. The van der Waals surface area contributed by atoms with E-state index in [0.717, 1.165) is 18.6 Å². The van der Waals surface area contributed by atoms with Crippen LogP contribution in [0.4, 0.5) is 18.9 Å². The normalized spacial score (nSPS) is 24.9. The number of alkyl halides is 3. The van der Waals surface area contributed by atoms with Gasteiger partial charge in [-0.1, -0.05) is 6.07 Å². The predicted molar refractivity (Wildman–Crippen MR) is 58.9 cm³/mol. The fourth-order valence-electron chi connectivity index (χ4n) is 1.92. The molecule has 0 radical (unpaired) electrons. The van der Waals surface area contributed by atoms with Gasteiger partial charge in [0.05, 0.1) is 17.7 Å². The standard InChI is InChI=1S/C12H14F3NO/c1-8-11(5-6-17-8)16-10-4-2-3-9(7-10)12(13,14)15/h2-4,7-8,11,16H,5-6H2,1H3. The number of ether oxygens (including phenoxy) is 1. The van der Waals surface area contributed by atoms with Crippen molar-refractivity contribution in [3.8, 4) is 0 Å². The molecule has 1 aliphatic heterocycles. The first kappa shape index (κ1) is 12.2. The Balaban J connectivity index is 2.11. The molecule has 2 unspecified atom stereocenters. The summed E-state index contributed by atoms with van der Waals surface area (Å²) in [4.78, 5) is 0. The Bertz CT molecular complexity index is 392. The first-order chi connectivity index (χ1) is 7.97. The first-order valence-corrected chi connectivity index (χ1v) is 5.52. The molecule has 1 aromatic carbocycles. The number of benzene rings is 1. The molecular weight excluding hydrogens is 231 g/mol. The molecule has 1 fully saturated rings. The van der Waals surface area contributed by atoms with Crippen molar-refractivity contribution in [1.29, 1.82) is 0 Å². The van der Waals surface area contributed by atoms with Gasteiger partial charge in [-0.3, -0.25) is 0 Å². The quantitative estimate of drug-likeness (QED) is 0.863. The molecule has 2 nitrogen and oxygen atoms in total. The monoisotopic (exact) mass is 245 g/mol. The summed E-state index contributed by atoms with van der Waals surface area (Å²) in [5.74, 6) is 0. The zero-order chi connectivity index (χ0) is 12.5. The van der Waals surface area contributed by atoms with Crippen LogP contribution in [0.5, 0.6) is 0 Å². The van der Waals surface area contributed by atoms with E-state index in [-0.39, 0.29) is 12.1 Å². The lowest BCUT2D eigenvalue weighted by Crippen LogP contribution is -2.26. The van der Waals surface area contributed by atoms with Gasteiger partial charge in [0.15, 0.2) is 0 Å². The zero-order valence-electron chi connectivity index (χ0n) is 9.42. The summed E-state index contributed by atoms with van der Waals surface area (Å²) in [6.45, 7) is 2.57. The molecule has 1 heterocycles. The van der Waals surface area contributed by atoms with E-state index in [1.165, 1.54) is 6.07 Å². The van der Waals surface area contributed by atoms with Crippen molar-refractivity contribution in [2.24, 2.45) is 0 Å². The maximum atomic E-state index is 12.5. The molecule has 0 aliphatic carbocycles.